The minimum atomic E-state index is -3.69. The SMILES string of the molecule is COc1cc2c(cc1S(=O)(=O)N[C@H](C)c1cc(C)ccc1C)CCCC2. The van der Waals surface area contributed by atoms with Crippen molar-refractivity contribution in [1.82, 2.24) is 4.72 Å². The van der Waals surface area contributed by atoms with Crippen LogP contribution in [0.2, 0.25) is 0 Å². The molecule has 1 aliphatic rings. The van der Waals surface area contributed by atoms with Crippen LogP contribution in [0.4, 0.5) is 0 Å². The first kappa shape index (κ1) is 18.9. The van der Waals surface area contributed by atoms with Gasteiger partial charge in [0.25, 0.3) is 0 Å². The first-order chi connectivity index (χ1) is 12.3. The second-order valence-corrected chi connectivity index (χ2v) is 8.86. The second-order valence-electron chi connectivity index (χ2n) is 7.18. The Morgan fingerprint density at radius 1 is 1.04 bits per heavy atom. The number of benzene rings is 2. The highest BCUT2D eigenvalue weighted by Crippen LogP contribution is 2.33. The van der Waals surface area contributed by atoms with Crippen LogP contribution in [0.3, 0.4) is 0 Å². The maximum atomic E-state index is 13.1. The fraction of sp³-hybridized carbons (Fsp3) is 0.429. The molecule has 140 valence electrons. The van der Waals surface area contributed by atoms with E-state index < -0.39 is 10.0 Å². The molecule has 1 atom stereocenters. The van der Waals surface area contributed by atoms with E-state index in [2.05, 4.69) is 4.72 Å². The Labute approximate surface area is 156 Å². The maximum absolute atomic E-state index is 13.1. The number of rotatable bonds is 5. The average molecular weight is 374 g/mol. The largest absolute Gasteiger partial charge is 0.495 e. The molecular weight excluding hydrogens is 346 g/mol. The van der Waals surface area contributed by atoms with E-state index in [1.165, 1.54) is 12.7 Å². The number of hydrogen-bond acceptors (Lipinski definition) is 3. The normalized spacial score (nSPS) is 15.4. The van der Waals surface area contributed by atoms with E-state index in [1.807, 2.05) is 45.0 Å². The predicted octanol–water partition coefficient (Wildman–Crippen LogP) is 4.23. The van der Waals surface area contributed by atoms with Gasteiger partial charge in [-0.1, -0.05) is 23.8 Å². The number of hydrogen-bond donors (Lipinski definition) is 1. The van der Waals surface area contributed by atoms with Gasteiger partial charge in [-0.05, 0) is 80.8 Å². The van der Waals surface area contributed by atoms with Crippen molar-refractivity contribution in [2.75, 3.05) is 7.11 Å². The van der Waals surface area contributed by atoms with Crippen molar-refractivity contribution in [3.63, 3.8) is 0 Å². The average Bonchev–Trinajstić information content (AvgIpc) is 2.62. The van der Waals surface area contributed by atoms with Crippen LogP contribution in [0.1, 0.15) is 53.6 Å². The summed E-state index contributed by atoms with van der Waals surface area (Å²) in [5, 5.41) is 0. The third-order valence-electron chi connectivity index (χ3n) is 5.15. The summed E-state index contributed by atoms with van der Waals surface area (Å²) in [5.74, 6) is 0.423. The van der Waals surface area contributed by atoms with Gasteiger partial charge in [0.1, 0.15) is 10.6 Å². The summed E-state index contributed by atoms with van der Waals surface area (Å²) in [6.07, 6.45) is 4.15. The van der Waals surface area contributed by atoms with Gasteiger partial charge in [-0.25, -0.2) is 13.1 Å². The minimum absolute atomic E-state index is 0.234. The van der Waals surface area contributed by atoms with E-state index in [4.69, 9.17) is 4.74 Å². The number of ether oxygens (including phenoxy) is 1. The summed E-state index contributed by atoms with van der Waals surface area (Å²) in [6, 6.07) is 9.46. The van der Waals surface area contributed by atoms with E-state index in [0.29, 0.717) is 5.75 Å². The molecule has 0 amide bonds. The smallest absolute Gasteiger partial charge is 0.244 e. The van der Waals surface area contributed by atoms with E-state index >= 15 is 0 Å². The molecule has 0 bridgehead atoms. The molecule has 1 aliphatic carbocycles. The zero-order chi connectivity index (χ0) is 18.9. The Bertz CT molecular complexity index is 919. The van der Waals surface area contributed by atoms with Gasteiger partial charge in [0.05, 0.1) is 7.11 Å². The zero-order valence-electron chi connectivity index (χ0n) is 15.9. The molecule has 3 rings (SSSR count). The monoisotopic (exact) mass is 373 g/mol. The molecule has 2 aromatic carbocycles. The molecule has 0 fully saturated rings. The fourth-order valence-electron chi connectivity index (χ4n) is 3.70. The van der Waals surface area contributed by atoms with Gasteiger partial charge < -0.3 is 4.74 Å². The molecule has 0 saturated heterocycles. The van der Waals surface area contributed by atoms with E-state index in [9.17, 15) is 8.42 Å². The van der Waals surface area contributed by atoms with Crippen molar-refractivity contribution in [3.8, 4) is 5.75 Å². The lowest BCUT2D eigenvalue weighted by Gasteiger charge is -2.21. The van der Waals surface area contributed by atoms with Crippen LogP contribution in [-0.4, -0.2) is 15.5 Å². The summed E-state index contributed by atoms with van der Waals surface area (Å²) in [7, 11) is -2.16. The number of nitrogens with one attached hydrogen (secondary N) is 1. The third kappa shape index (κ3) is 3.79. The molecule has 26 heavy (non-hydrogen) atoms. The number of methoxy groups -OCH3 is 1. The zero-order valence-corrected chi connectivity index (χ0v) is 16.7. The first-order valence-electron chi connectivity index (χ1n) is 9.11. The van der Waals surface area contributed by atoms with Crippen LogP contribution in [0.5, 0.6) is 5.75 Å². The molecule has 0 unspecified atom stereocenters. The maximum Gasteiger partial charge on any atom is 0.244 e. The number of sulfonamides is 1. The molecule has 0 radical (unpaired) electrons. The van der Waals surface area contributed by atoms with Crippen LogP contribution in [0.15, 0.2) is 35.2 Å². The molecule has 1 N–H and O–H groups in total. The topological polar surface area (TPSA) is 55.4 Å². The summed E-state index contributed by atoms with van der Waals surface area (Å²) < 4.78 is 34.4. The molecule has 4 nitrogen and oxygen atoms in total. The summed E-state index contributed by atoms with van der Waals surface area (Å²) in [5.41, 5.74) is 5.50. The predicted molar refractivity (Wildman–Crippen MR) is 104 cm³/mol. The van der Waals surface area contributed by atoms with Crippen molar-refractivity contribution in [2.24, 2.45) is 0 Å². The lowest BCUT2D eigenvalue weighted by molar-refractivity contribution is 0.400. The third-order valence-corrected chi connectivity index (χ3v) is 6.71. The lowest BCUT2D eigenvalue weighted by Crippen LogP contribution is -2.28. The molecule has 5 heteroatoms. The molecule has 0 aromatic heterocycles. The summed E-state index contributed by atoms with van der Waals surface area (Å²) in [4.78, 5) is 0.234. The standard InChI is InChI=1S/C21H27NO3S/c1-14-9-10-15(2)19(11-14)16(3)22-26(23,24)21-13-18-8-6-5-7-17(18)12-20(21)25-4/h9-13,16,22H,5-8H2,1-4H3/t16-/m1/s1. The molecule has 0 spiro atoms. The van der Waals surface area contributed by atoms with E-state index in [-0.39, 0.29) is 10.9 Å². The van der Waals surface area contributed by atoms with Gasteiger partial charge in [0.15, 0.2) is 0 Å². The van der Waals surface area contributed by atoms with E-state index in [1.54, 1.807) is 6.07 Å². The summed E-state index contributed by atoms with van der Waals surface area (Å²) in [6.45, 7) is 5.89. The Kier molecular flexibility index (Phi) is 5.39. The molecule has 0 saturated carbocycles. The van der Waals surface area contributed by atoms with Crippen LogP contribution in [0.25, 0.3) is 0 Å². The number of aryl methyl sites for hydroxylation is 4. The van der Waals surface area contributed by atoms with Crippen LogP contribution in [0, 0.1) is 13.8 Å². The van der Waals surface area contributed by atoms with Gasteiger partial charge in [-0.3, -0.25) is 0 Å². The van der Waals surface area contributed by atoms with E-state index in [0.717, 1.165) is 47.9 Å². The van der Waals surface area contributed by atoms with Crippen molar-refractivity contribution in [1.29, 1.82) is 0 Å². The molecule has 2 aromatic rings. The highest BCUT2D eigenvalue weighted by atomic mass is 32.2. The molecule has 0 aliphatic heterocycles. The van der Waals surface area contributed by atoms with Crippen LogP contribution < -0.4 is 9.46 Å². The Morgan fingerprint density at radius 3 is 2.35 bits per heavy atom. The first-order valence-corrected chi connectivity index (χ1v) is 10.6. The van der Waals surface area contributed by atoms with Gasteiger partial charge >= 0.3 is 0 Å². The van der Waals surface area contributed by atoms with Crippen molar-refractivity contribution in [3.05, 3.63) is 58.1 Å². The van der Waals surface area contributed by atoms with Crippen LogP contribution in [-0.2, 0) is 22.9 Å². The minimum Gasteiger partial charge on any atom is -0.495 e. The summed E-state index contributed by atoms with van der Waals surface area (Å²) >= 11 is 0. The number of fused-ring (bicyclic) bond motifs is 1. The highest BCUT2D eigenvalue weighted by molar-refractivity contribution is 7.89. The quantitative estimate of drug-likeness (QED) is 0.853. The lowest BCUT2D eigenvalue weighted by atomic mass is 9.92. The fourth-order valence-corrected chi connectivity index (χ4v) is 5.12. The Hall–Kier alpha value is -1.85. The second kappa shape index (κ2) is 7.41. The van der Waals surface area contributed by atoms with Gasteiger partial charge in [-0.2, -0.15) is 0 Å². The Balaban J connectivity index is 1.96. The van der Waals surface area contributed by atoms with Gasteiger partial charge in [0.2, 0.25) is 10.0 Å². The van der Waals surface area contributed by atoms with Gasteiger partial charge in [-0.15, -0.1) is 0 Å². The van der Waals surface area contributed by atoms with Crippen molar-refractivity contribution < 1.29 is 13.2 Å². The molecule has 0 heterocycles. The van der Waals surface area contributed by atoms with Crippen molar-refractivity contribution in [2.45, 2.75) is 57.4 Å². The highest BCUT2D eigenvalue weighted by Gasteiger charge is 2.25. The molecular formula is C21H27NO3S. The Morgan fingerprint density at radius 2 is 1.69 bits per heavy atom. The van der Waals surface area contributed by atoms with Crippen molar-refractivity contribution >= 4 is 10.0 Å². The van der Waals surface area contributed by atoms with Crippen LogP contribution >= 0.6 is 0 Å². The van der Waals surface area contributed by atoms with Gasteiger partial charge in [0, 0.05) is 6.04 Å².